The highest BCUT2D eigenvalue weighted by Crippen LogP contribution is 2.28. The van der Waals surface area contributed by atoms with Gasteiger partial charge in [-0.1, -0.05) is 0 Å². The number of rotatable bonds is 2. The van der Waals surface area contributed by atoms with Crippen molar-refractivity contribution in [1.29, 1.82) is 0 Å². The molecule has 1 aromatic heterocycles. The van der Waals surface area contributed by atoms with Gasteiger partial charge in [-0.3, -0.25) is 4.90 Å². The molecular weight excluding hydrogens is 267 g/mol. The lowest BCUT2D eigenvalue weighted by Crippen LogP contribution is -2.33. The first-order valence-corrected chi connectivity index (χ1v) is 6.46. The lowest BCUT2D eigenvalue weighted by atomic mass is 10.0. The fourth-order valence-electron chi connectivity index (χ4n) is 2.66. The number of imidazole rings is 1. The molecule has 2 aromatic rings. The fourth-order valence-corrected chi connectivity index (χ4v) is 2.66. The van der Waals surface area contributed by atoms with Crippen LogP contribution in [0.3, 0.4) is 0 Å². The predicted octanol–water partition coefficient (Wildman–Crippen LogP) is 2.95. The summed E-state index contributed by atoms with van der Waals surface area (Å²) in [5, 5.41) is 0. The highest BCUT2D eigenvalue weighted by molar-refractivity contribution is 5.22. The standard InChI is InChI=1S/C14H14F3N3/c1-8-14-12(18-7-19-14)2-3-20(8)6-9-4-10(15)13(17)11(16)5-9/h4-5,7-8H,2-3,6H2,1H3,(H,18,19). The number of hydrogen-bond donors (Lipinski definition) is 1. The van der Waals surface area contributed by atoms with Gasteiger partial charge in [-0.05, 0) is 24.6 Å². The second kappa shape index (κ2) is 4.94. The van der Waals surface area contributed by atoms with E-state index in [1.54, 1.807) is 6.33 Å². The van der Waals surface area contributed by atoms with Crippen LogP contribution in [0.5, 0.6) is 0 Å². The number of aromatic nitrogens is 2. The average molecular weight is 281 g/mol. The Hall–Kier alpha value is -1.82. The summed E-state index contributed by atoms with van der Waals surface area (Å²) in [7, 11) is 0. The average Bonchev–Trinajstić information content (AvgIpc) is 2.88. The molecule has 106 valence electrons. The zero-order chi connectivity index (χ0) is 14.3. The molecule has 6 heteroatoms. The van der Waals surface area contributed by atoms with Gasteiger partial charge in [-0.2, -0.15) is 0 Å². The molecule has 0 radical (unpaired) electrons. The summed E-state index contributed by atoms with van der Waals surface area (Å²) >= 11 is 0. The van der Waals surface area contributed by atoms with E-state index < -0.39 is 17.5 Å². The molecule has 0 amide bonds. The van der Waals surface area contributed by atoms with Gasteiger partial charge in [0.05, 0.1) is 18.1 Å². The van der Waals surface area contributed by atoms with E-state index in [1.165, 1.54) is 0 Å². The molecule has 0 fully saturated rings. The lowest BCUT2D eigenvalue weighted by molar-refractivity contribution is 0.185. The number of H-pyrrole nitrogens is 1. The van der Waals surface area contributed by atoms with Crippen molar-refractivity contribution in [2.45, 2.75) is 25.9 Å². The maximum absolute atomic E-state index is 13.2. The molecule has 1 N–H and O–H groups in total. The Kier molecular flexibility index (Phi) is 3.25. The first-order chi connectivity index (χ1) is 9.56. The Labute approximate surface area is 114 Å². The summed E-state index contributed by atoms with van der Waals surface area (Å²) < 4.78 is 39.4. The Morgan fingerprint density at radius 2 is 2.00 bits per heavy atom. The van der Waals surface area contributed by atoms with Crippen LogP contribution in [0, 0.1) is 17.5 Å². The Balaban J connectivity index is 1.82. The third kappa shape index (κ3) is 2.20. The van der Waals surface area contributed by atoms with Gasteiger partial charge in [0.2, 0.25) is 0 Å². The Morgan fingerprint density at radius 1 is 1.30 bits per heavy atom. The van der Waals surface area contributed by atoms with Crippen LogP contribution in [0.1, 0.15) is 29.9 Å². The highest BCUT2D eigenvalue weighted by atomic mass is 19.2. The van der Waals surface area contributed by atoms with Crippen LogP contribution >= 0.6 is 0 Å². The topological polar surface area (TPSA) is 31.9 Å². The molecule has 0 saturated carbocycles. The van der Waals surface area contributed by atoms with Crippen LogP contribution < -0.4 is 0 Å². The number of hydrogen-bond acceptors (Lipinski definition) is 2. The van der Waals surface area contributed by atoms with Crippen molar-refractivity contribution in [2.24, 2.45) is 0 Å². The van der Waals surface area contributed by atoms with E-state index in [0.29, 0.717) is 12.1 Å². The van der Waals surface area contributed by atoms with Crippen molar-refractivity contribution >= 4 is 0 Å². The molecule has 0 spiro atoms. The number of nitrogens with zero attached hydrogens (tertiary/aromatic N) is 2. The maximum Gasteiger partial charge on any atom is 0.194 e. The van der Waals surface area contributed by atoms with Gasteiger partial charge in [0, 0.05) is 25.2 Å². The second-order valence-corrected chi connectivity index (χ2v) is 5.04. The van der Waals surface area contributed by atoms with Crippen molar-refractivity contribution in [1.82, 2.24) is 14.9 Å². The van der Waals surface area contributed by atoms with Crippen molar-refractivity contribution in [2.75, 3.05) is 6.54 Å². The van der Waals surface area contributed by atoms with Gasteiger partial charge < -0.3 is 4.98 Å². The summed E-state index contributed by atoms with van der Waals surface area (Å²) in [6.45, 7) is 3.12. The molecule has 1 aromatic carbocycles. The van der Waals surface area contributed by atoms with E-state index in [-0.39, 0.29) is 6.04 Å². The van der Waals surface area contributed by atoms with Crippen molar-refractivity contribution in [3.05, 3.63) is 52.9 Å². The van der Waals surface area contributed by atoms with E-state index >= 15 is 0 Å². The smallest absolute Gasteiger partial charge is 0.194 e. The zero-order valence-electron chi connectivity index (χ0n) is 11.0. The van der Waals surface area contributed by atoms with Gasteiger partial charge >= 0.3 is 0 Å². The molecule has 0 aliphatic carbocycles. The van der Waals surface area contributed by atoms with Crippen LogP contribution in [0.25, 0.3) is 0 Å². The number of benzene rings is 1. The van der Waals surface area contributed by atoms with Gasteiger partial charge in [0.25, 0.3) is 0 Å². The minimum Gasteiger partial charge on any atom is -0.348 e. The van der Waals surface area contributed by atoms with Gasteiger partial charge in [0.1, 0.15) is 0 Å². The Morgan fingerprint density at radius 3 is 2.70 bits per heavy atom. The quantitative estimate of drug-likeness (QED) is 0.858. The van der Waals surface area contributed by atoms with Crippen LogP contribution in [-0.2, 0) is 13.0 Å². The minimum atomic E-state index is -1.42. The molecule has 1 aliphatic heterocycles. The molecular formula is C14H14F3N3. The predicted molar refractivity (Wildman–Crippen MR) is 67.4 cm³/mol. The molecule has 1 aliphatic rings. The first-order valence-electron chi connectivity index (χ1n) is 6.46. The third-order valence-electron chi connectivity index (χ3n) is 3.77. The number of aromatic amines is 1. The minimum absolute atomic E-state index is 0.0566. The van der Waals surface area contributed by atoms with Gasteiger partial charge in [0.15, 0.2) is 17.5 Å². The molecule has 3 rings (SSSR count). The van der Waals surface area contributed by atoms with E-state index in [4.69, 9.17) is 0 Å². The molecule has 20 heavy (non-hydrogen) atoms. The maximum atomic E-state index is 13.2. The summed E-state index contributed by atoms with van der Waals surface area (Å²) in [6.07, 6.45) is 2.47. The van der Waals surface area contributed by atoms with Crippen molar-refractivity contribution in [3.63, 3.8) is 0 Å². The summed E-state index contributed by atoms with van der Waals surface area (Å²) in [6, 6.07) is 2.15. The zero-order valence-corrected chi connectivity index (χ0v) is 11.0. The van der Waals surface area contributed by atoms with E-state index in [9.17, 15) is 13.2 Å². The highest BCUT2D eigenvalue weighted by Gasteiger charge is 2.26. The third-order valence-corrected chi connectivity index (χ3v) is 3.77. The largest absolute Gasteiger partial charge is 0.348 e. The lowest BCUT2D eigenvalue weighted by Gasteiger charge is -2.32. The van der Waals surface area contributed by atoms with Gasteiger partial charge in [-0.25, -0.2) is 18.2 Å². The summed E-state index contributed by atoms with van der Waals surface area (Å²) in [5.74, 6) is -3.72. The van der Waals surface area contributed by atoms with Crippen LogP contribution in [0.2, 0.25) is 0 Å². The molecule has 2 heterocycles. The van der Waals surface area contributed by atoms with Crippen molar-refractivity contribution in [3.8, 4) is 0 Å². The molecule has 3 nitrogen and oxygen atoms in total. The monoisotopic (exact) mass is 281 g/mol. The molecule has 1 unspecified atom stereocenters. The van der Waals surface area contributed by atoms with E-state index in [0.717, 1.165) is 36.5 Å². The normalized spacial score (nSPS) is 19.1. The van der Waals surface area contributed by atoms with E-state index in [2.05, 4.69) is 14.9 Å². The van der Waals surface area contributed by atoms with Crippen molar-refractivity contribution < 1.29 is 13.2 Å². The SMILES string of the molecule is CC1c2nc[nH]c2CCN1Cc1cc(F)c(F)c(F)c1. The molecule has 0 saturated heterocycles. The Bertz CT molecular complexity index is 615. The number of fused-ring (bicyclic) bond motifs is 1. The summed E-state index contributed by atoms with van der Waals surface area (Å²) in [5.41, 5.74) is 2.48. The molecule has 1 atom stereocenters. The second-order valence-electron chi connectivity index (χ2n) is 5.04. The number of halogens is 3. The summed E-state index contributed by atoms with van der Waals surface area (Å²) in [4.78, 5) is 9.43. The number of nitrogens with one attached hydrogen (secondary N) is 1. The van der Waals surface area contributed by atoms with Crippen LogP contribution in [-0.4, -0.2) is 21.4 Å². The molecule has 0 bridgehead atoms. The first kappa shape index (κ1) is 13.2. The fraction of sp³-hybridized carbons (Fsp3) is 0.357. The van der Waals surface area contributed by atoms with Gasteiger partial charge in [-0.15, -0.1) is 0 Å². The van der Waals surface area contributed by atoms with Crippen LogP contribution in [0.15, 0.2) is 18.5 Å². The van der Waals surface area contributed by atoms with Crippen LogP contribution in [0.4, 0.5) is 13.2 Å². The van der Waals surface area contributed by atoms with E-state index in [1.807, 2.05) is 6.92 Å².